The summed E-state index contributed by atoms with van der Waals surface area (Å²) < 4.78 is 43.3. The van der Waals surface area contributed by atoms with E-state index in [1.54, 1.807) is 12.1 Å². The number of fused-ring (bicyclic) bond motifs is 1. The molecule has 0 aliphatic carbocycles. The molecule has 0 aliphatic heterocycles. The number of aliphatic imine (C=N–C) groups is 1. The number of aromatic nitrogens is 2. The largest absolute Gasteiger partial charge is 0.411 e. The van der Waals surface area contributed by atoms with Gasteiger partial charge in [0.15, 0.2) is 5.96 Å². The highest BCUT2D eigenvalue weighted by Crippen LogP contribution is 2.16. The first-order chi connectivity index (χ1) is 15.4. The van der Waals surface area contributed by atoms with E-state index in [1.807, 2.05) is 44.2 Å². The van der Waals surface area contributed by atoms with E-state index in [4.69, 9.17) is 0 Å². The lowest BCUT2D eigenvalue weighted by molar-refractivity contribution is -0.176. The maximum atomic E-state index is 12.2. The van der Waals surface area contributed by atoms with E-state index in [9.17, 15) is 13.2 Å². The second-order valence-corrected chi connectivity index (χ2v) is 7.35. The van der Waals surface area contributed by atoms with Gasteiger partial charge in [-0.25, -0.2) is 9.98 Å². The third-order valence-corrected chi connectivity index (χ3v) is 4.79. The highest BCUT2D eigenvalue weighted by atomic mass is 19.4. The lowest BCUT2D eigenvalue weighted by Gasteiger charge is -2.13. The van der Waals surface area contributed by atoms with Crippen LogP contribution in [0.5, 0.6) is 0 Å². The molecule has 2 aromatic carbocycles. The highest BCUT2D eigenvalue weighted by molar-refractivity contribution is 5.79. The molecule has 0 saturated carbocycles. The third-order valence-electron chi connectivity index (χ3n) is 4.79. The van der Waals surface area contributed by atoms with Gasteiger partial charge in [0.25, 0.3) is 0 Å². The molecule has 172 valence electrons. The van der Waals surface area contributed by atoms with E-state index >= 15 is 0 Å². The van der Waals surface area contributed by atoms with Crippen LogP contribution < -0.4 is 10.6 Å². The molecule has 6 nitrogen and oxygen atoms in total. The second-order valence-electron chi connectivity index (χ2n) is 7.35. The Morgan fingerprint density at radius 2 is 1.78 bits per heavy atom. The maximum Gasteiger partial charge on any atom is 0.411 e. The molecule has 0 fully saturated rings. The summed E-state index contributed by atoms with van der Waals surface area (Å²) in [5, 5.41) is 6.56. The summed E-state index contributed by atoms with van der Waals surface area (Å²) in [6, 6.07) is 15.3. The monoisotopic (exact) mass is 447 g/mol. The minimum atomic E-state index is -4.31. The van der Waals surface area contributed by atoms with Gasteiger partial charge in [0.05, 0.1) is 24.2 Å². The van der Waals surface area contributed by atoms with E-state index in [0.29, 0.717) is 24.6 Å². The molecule has 0 radical (unpaired) electrons. The van der Waals surface area contributed by atoms with E-state index in [0.717, 1.165) is 35.5 Å². The molecule has 1 heterocycles. The summed E-state index contributed by atoms with van der Waals surface area (Å²) in [7, 11) is 0. The van der Waals surface area contributed by atoms with Gasteiger partial charge in [-0.05, 0) is 37.1 Å². The van der Waals surface area contributed by atoms with Crippen LogP contribution in [0.1, 0.15) is 23.9 Å². The van der Waals surface area contributed by atoms with Crippen molar-refractivity contribution in [3.05, 3.63) is 65.5 Å². The predicted molar refractivity (Wildman–Crippen MR) is 119 cm³/mol. The molecular weight excluding hydrogens is 419 g/mol. The van der Waals surface area contributed by atoms with Crippen molar-refractivity contribution >= 4 is 17.0 Å². The molecule has 9 heteroatoms. The molecule has 0 spiro atoms. The number of nitrogens with zero attached hydrogens (tertiary/aromatic N) is 3. The Morgan fingerprint density at radius 1 is 1.06 bits per heavy atom. The molecule has 0 bridgehead atoms. The van der Waals surface area contributed by atoms with E-state index in [-0.39, 0.29) is 6.61 Å². The Labute approximate surface area is 185 Å². The van der Waals surface area contributed by atoms with Gasteiger partial charge in [-0.3, -0.25) is 0 Å². The van der Waals surface area contributed by atoms with Crippen molar-refractivity contribution < 1.29 is 17.9 Å². The van der Waals surface area contributed by atoms with E-state index < -0.39 is 12.8 Å². The van der Waals surface area contributed by atoms with Gasteiger partial charge >= 0.3 is 6.18 Å². The fourth-order valence-electron chi connectivity index (χ4n) is 3.30. The van der Waals surface area contributed by atoms with Gasteiger partial charge in [-0.15, -0.1) is 0 Å². The van der Waals surface area contributed by atoms with Crippen LogP contribution in [-0.2, 0) is 24.4 Å². The smallest absolute Gasteiger partial charge is 0.367 e. The molecule has 3 rings (SSSR count). The minimum absolute atomic E-state index is 0.0738. The van der Waals surface area contributed by atoms with Gasteiger partial charge in [-0.1, -0.05) is 36.4 Å². The molecule has 0 saturated heterocycles. The SMILES string of the molecule is CCNC(=NCc1ccc(COCC(F)(F)F)cc1)NCCn1c(C)nc2ccccc21. The van der Waals surface area contributed by atoms with Crippen molar-refractivity contribution in [3.8, 4) is 0 Å². The normalized spacial score (nSPS) is 12.3. The summed E-state index contributed by atoms with van der Waals surface area (Å²) in [5.74, 6) is 1.67. The molecule has 1 aromatic heterocycles. The number of halogens is 3. The molecule has 0 unspecified atom stereocenters. The average molecular weight is 448 g/mol. The molecule has 0 atom stereocenters. The van der Waals surface area contributed by atoms with Crippen LogP contribution in [0.25, 0.3) is 11.0 Å². The van der Waals surface area contributed by atoms with Crippen LogP contribution in [0.2, 0.25) is 0 Å². The summed E-state index contributed by atoms with van der Waals surface area (Å²) in [6.07, 6.45) is -4.31. The van der Waals surface area contributed by atoms with Crippen LogP contribution in [0.4, 0.5) is 13.2 Å². The number of hydrogen-bond donors (Lipinski definition) is 2. The number of ether oxygens (including phenoxy) is 1. The van der Waals surface area contributed by atoms with E-state index in [2.05, 4.69) is 36.0 Å². The van der Waals surface area contributed by atoms with Crippen molar-refractivity contribution in [1.82, 2.24) is 20.2 Å². The first-order valence-electron chi connectivity index (χ1n) is 10.5. The quantitative estimate of drug-likeness (QED) is 0.382. The summed E-state index contributed by atoms with van der Waals surface area (Å²) in [6.45, 7) is 5.30. The molecule has 0 amide bonds. The zero-order valence-corrected chi connectivity index (χ0v) is 18.2. The van der Waals surface area contributed by atoms with Crippen molar-refractivity contribution in [2.75, 3.05) is 19.7 Å². The lowest BCUT2D eigenvalue weighted by Crippen LogP contribution is -2.38. The van der Waals surface area contributed by atoms with Gasteiger partial charge in [0.2, 0.25) is 0 Å². The fraction of sp³-hybridized carbons (Fsp3) is 0.391. The number of nitrogens with one attached hydrogen (secondary N) is 2. The van der Waals surface area contributed by atoms with Crippen LogP contribution in [0.15, 0.2) is 53.5 Å². The molecule has 32 heavy (non-hydrogen) atoms. The maximum absolute atomic E-state index is 12.2. The number of hydrogen-bond acceptors (Lipinski definition) is 3. The average Bonchev–Trinajstić information content (AvgIpc) is 3.07. The minimum Gasteiger partial charge on any atom is -0.367 e. The van der Waals surface area contributed by atoms with Gasteiger partial charge in [0, 0.05) is 19.6 Å². The number of alkyl halides is 3. The predicted octanol–water partition coefficient (Wildman–Crippen LogP) is 4.18. The van der Waals surface area contributed by atoms with Crippen molar-refractivity contribution in [2.45, 2.75) is 39.7 Å². The summed E-state index contributed by atoms with van der Waals surface area (Å²) in [4.78, 5) is 9.19. The lowest BCUT2D eigenvalue weighted by atomic mass is 10.1. The molecule has 0 aliphatic rings. The molecular formula is C23H28F3N5O. The van der Waals surface area contributed by atoms with E-state index in [1.165, 1.54) is 0 Å². The number of rotatable bonds is 9. The Bertz CT molecular complexity index is 1030. The molecule has 3 aromatic rings. The van der Waals surface area contributed by atoms with Crippen molar-refractivity contribution in [2.24, 2.45) is 4.99 Å². The number of guanidine groups is 1. The first-order valence-corrected chi connectivity index (χ1v) is 10.5. The number of benzene rings is 2. The Hall–Kier alpha value is -3.07. The number of imidazole rings is 1. The van der Waals surface area contributed by atoms with Gasteiger partial charge in [-0.2, -0.15) is 13.2 Å². The Balaban J connectivity index is 1.52. The zero-order valence-electron chi connectivity index (χ0n) is 18.2. The van der Waals surface area contributed by atoms with Gasteiger partial charge in [0.1, 0.15) is 12.4 Å². The van der Waals surface area contributed by atoms with Crippen molar-refractivity contribution in [1.29, 1.82) is 0 Å². The number of para-hydroxylation sites is 2. The summed E-state index contributed by atoms with van der Waals surface area (Å²) in [5.41, 5.74) is 3.74. The first kappa shape index (κ1) is 23.6. The van der Waals surface area contributed by atoms with Crippen LogP contribution >= 0.6 is 0 Å². The third kappa shape index (κ3) is 6.98. The number of aryl methyl sites for hydroxylation is 1. The van der Waals surface area contributed by atoms with Crippen LogP contribution in [0.3, 0.4) is 0 Å². The Kier molecular flexibility index (Phi) is 8.10. The topological polar surface area (TPSA) is 63.5 Å². The van der Waals surface area contributed by atoms with Crippen LogP contribution in [0, 0.1) is 6.92 Å². The van der Waals surface area contributed by atoms with Crippen LogP contribution in [-0.4, -0.2) is 41.4 Å². The summed E-state index contributed by atoms with van der Waals surface area (Å²) >= 11 is 0. The zero-order chi connectivity index (χ0) is 23.0. The standard InChI is InChI=1S/C23H28F3N5O/c1-3-27-22(28-12-13-31-17(2)30-20-6-4-5-7-21(20)31)29-14-18-8-10-19(11-9-18)15-32-16-23(24,25)26/h4-11H,3,12-16H2,1-2H3,(H2,27,28,29). The Morgan fingerprint density at radius 3 is 2.50 bits per heavy atom. The van der Waals surface area contributed by atoms with Gasteiger partial charge < -0.3 is 19.9 Å². The van der Waals surface area contributed by atoms with Crippen molar-refractivity contribution in [3.63, 3.8) is 0 Å². The molecule has 2 N–H and O–H groups in total. The fourth-order valence-corrected chi connectivity index (χ4v) is 3.30. The highest BCUT2D eigenvalue weighted by Gasteiger charge is 2.27. The second kappa shape index (κ2) is 11.0.